The lowest BCUT2D eigenvalue weighted by Crippen LogP contribution is -2.01. The summed E-state index contributed by atoms with van der Waals surface area (Å²) >= 11 is 0. The number of hydrogen-bond acceptors (Lipinski definition) is 2. The Morgan fingerprint density at radius 2 is 1.68 bits per heavy atom. The van der Waals surface area contributed by atoms with Crippen LogP contribution in [0.1, 0.15) is 55.8 Å². The van der Waals surface area contributed by atoms with E-state index in [1.807, 2.05) is 0 Å². The van der Waals surface area contributed by atoms with E-state index in [0.29, 0.717) is 12.2 Å². The van der Waals surface area contributed by atoms with Gasteiger partial charge in [0.05, 0.1) is 6.61 Å². The average Bonchev–Trinajstić information content (AvgIpc) is 2.46. The van der Waals surface area contributed by atoms with Crippen LogP contribution in [0.15, 0.2) is 24.3 Å². The van der Waals surface area contributed by atoms with E-state index in [4.69, 9.17) is 4.74 Å². The Morgan fingerprint density at radius 3 is 2.32 bits per heavy atom. The van der Waals surface area contributed by atoms with Gasteiger partial charge < -0.3 is 4.74 Å². The summed E-state index contributed by atoms with van der Waals surface area (Å²) in [4.78, 5) is 11.1. The van der Waals surface area contributed by atoms with Crippen molar-refractivity contribution in [1.29, 1.82) is 0 Å². The number of benzene rings is 1. The Labute approximate surface area is 115 Å². The van der Waals surface area contributed by atoms with Crippen LogP contribution in [0.3, 0.4) is 0 Å². The fourth-order valence-corrected chi connectivity index (χ4v) is 1.89. The molecule has 0 saturated carbocycles. The molecule has 0 spiro atoms. The number of Topliss-reactive ketones (excluding diaryl/α,β-unsaturated/α-hetero) is 1. The van der Waals surface area contributed by atoms with E-state index >= 15 is 0 Å². The van der Waals surface area contributed by atoms with Crippen LogP contribution in [-0.2, 0) is 0 Å². The van der Waals surface area contributed by atoms with Gasteiger partial charge in [-0.2, -0.15) is 0 Å². The van der Waals surface area contributed by atoms with Crippen LogP contribution in [0, 0.1) is 0 Å². The third-order valence-corrected chi connectivity index (χ3v) is 3.06. The number of ether oxygens (including phenoxy) is 1. The van der Waals surface area contributed by atoms with Crippen molar-refractivity contribution in [3.05, 3.63) is 29.8 Å². The third kappa shape index (κ3) is 6.37. The molecule has 0 unspecified atom stereocenters. The number of unbranched alkanes of at least 4 members (excludes halogenated alkanes) is 5. The summed E-state index contributed by atoms with van der Waals surface area (Å²) in [6.07, 6.45) is 7.39. The summed E-state index contributed by atoms with van der Waals surface area (Å²) < 4.78 is 17.7. The summed E-state index contributed by atoms with van der Waals surface area (Å²) in [6, 6.07) is 6.66. The number of carbonyl (C=O) groups is 1. The maximum absolute atomic E-state index is 12.2. The van der Waals surface area contributed by atoms with Gasteiger partial charge in [0.2, 0.25) is 0 Å². The van der Waals surface area contributed by atoms with E-state index in [1.165, 1.54) is 32.1 Å². The number of alkyl halides is 1. The monoisotopic (exact) mass is 266 g/mol. The molecular formula is C16H23FO2. The standard InChI is InChI=1S/C16H23FO2/c1-2-3-4-5-6-7-12-19-15-10-8-14(9-11-15)16(18)13-17/h8-11H,2-7,12-13H2,1H3. The van der Waals surface area contributed by atoms with Crippen LogP contribution >= 0.6 is 0 Å². The van der Waals surface area contributed by atoms with E-state index in [1.54, 1.807) is 24.3 Å². The summed E-state index contributed by atoms with van der Waals surface area (Å²) in [5.41, 5.74) is 0.398. The van der Waals surface area contributed by atoms with Crippen LogP contribution in [0.25, 0.3) is 0 Å². The number of carbonyl (C=O) groups excluding carboxylic acids is 1. The zero-order chi connectivity index (χ0) is 13.9. The first kappa shape index (κ1) is 15.7. The van der Waals surface area contributed by atoms with E-state index in [0.717, 1.165) is 12.2 Å². The smallest absolute Gasteiger partial charge is 0.193 e. The second-order valence-electron chi connectivity index (χ2n) is 4.70. The van der Waals surface area contributed by atoms with Gasteiger partial charge >= 0.3 is 0 Å². The average molecular weight is 266 g/mol. The van der Waals surface area contributed by atoms with Gasteiger partial charge in [0, 0.05) is 5.56 Å². The maximum Gasteiger partial charge on any atom is 0.193 e. The molecule has 0 bridgehead atoms. The van der Waals surface area contributed by atoms with Crippen molar-refractivity contribution in [3.8, 4) is 5.75 Å². The largest absolute Gasteiger partial charge is 0.494 e. The molecule has 0 aliphatic heterocycles. The summed E-state index contributed by atoms with van der Waals surface area (Å²) in [5, 5.41) is 0. The highest BCUT2D eigenvalue weighted by atomic mass is 19.1. The van der Waals surface area contributed by atoms with Crippen molar-refractivity contribution >= 4 is 5.78 Å². The van der Waals surface area contributed by atoms with Crippen molar-refractivity contribution < 1.29 is 13.9 Å². The fourth-order valence-electron chi connectivity index (χ4n) is 1.89. The minimum absolute atomic E-state index is 0.398. The van der Waals surface area contributed by atoms with E-state index < -0.39 is 12.5 Å². The lowest BCUT2D eigenvalue weighted by molar-refractivity contribution is 0.0958. The van der Waals surface area contributed by atoms with E-state index in [2.05, 4.69) is 6.92 Å². The Hall–Kier alpha value is -1.38. The highest BCUT2D eigenvalue weighted by molar-refractivity contribution is 5.97. The molecule has 1 aromatic carbocycles. The van der Waals surface area contributed by atoms with Crippen molar-refractivity contribution in [2.75, 3.05) is 13.3 Å². The van der Waals surface area contributed by atoms with Gasteiger partial charge in [0.15, 0.2) is 12.5 Å². The molecule has 1 aromatic rings. The molecule has 0 saturated heterocycles. The van der Waals surface area contributed by atoms with Gasteiger partial charge in [-0.25, -0.2) is 4.39 Å². The SMILES string of the molecule is CCCCCCCCOc1ccc(C(=O)CF)cc1. The van der Waals surface area contributed by atoms with Crippen LogP contribution in [0.2, 0.25) is 0 Å². The zero-order valence-electron chi connectivity index (χ0n) is 11.7. The molecule has 0 aromatic heterocycles. The van der Waals surface area contributed by atoms with Crippen molar-refractivity contribution in [3.63, 3.8) is 0 Å². The number of halogens is 1. The Kier molecular flexibility index (Phi) is 7.87. The predicted molar refractivity (Wildman–Crippen MR) is 75.6 cm³/mol. The highest BCUT2D eigenvalue weighted by Gasteiger charge is 2.04. The van der Waals surface area contributed by atoms with Crippen LogP contribution in [-0.4, -0.2) is 19.1 Å². The van der Waals surface area contributed by atoms with Gasteiger partial charge in [-0.1, -0.05) is 39.0 Å². The molecule has 0 N–H and O–H groups in total. The van der Waals surface area contributed by atoms with Crippen molar-refractivity contribution in [2.45, 2.75) is 45.4 Å². The number of ketones is 1. The summed E-state index contributed by atoms with van der Waals surface area (Å²) in [6.45, 7) is 1.96. The van der Waals surface area contributed by atoms with Crippen molar-refractivity contribution in [1.82, 2.24) is 0 Å². The predicted octanol–water partition coefficient (Wildman–Crippen LogP) is 4.58. The second-order valence-corrected chi connectivity index (χ2v) is 4.70. The first-order chi connectivity index (χ1) is 9.27. The molecule has 0 fully saturated rings. The van der Waals surface area contributed by atoms with Crippen molar-refractivity contribution in [2.24, 2.45) is 0 Å². The molecule has 106 valence electrons. The molecule has 19 heavy (non-hydrogen) atoms. The molecule has 3 heteroatoms. The molecule has 0 aliphatic carbocycles. The quantitative estimate of drug-likeness (QED) is 0.458. The molecule has 0 heterocycles. The van der Waals surface area contributed by atoms with Gasteiger partial charge in [0.1, 0.15) is 5.75 Å². The van der Waals surface area contributed by atoms with E-state index in [-0.39, 0.29) is 0 Å². The zero-order valence-corrected chi connectivity index (χ0v) is 11.7. The van der Waals surface area contributed by atoms with Crippen LogP contribution < -0.4 is 4.74 Å². The first-order valence-electron chi connectivity index (χ1n) is 7.10. The minimum atomic E-state index is -0.946. The maximum atomic E-state index is 12.2. The summed E-state index contributed by atoms with van der Waals surface area (Å²) in [5.74, 6) is 0.256. The van der Waals surface area contributed by atoms with Gasteiger partial charge in [-0.05, 0) is 30.7 Å². The molecular weight excluding hydrogens is 243 g/mol. The highest BCUT2D eigenvalue weighted by Crippen LogP contribution is 2.14. The Morgan fingerprint density at radius 1 is 1.05 bits per heavy atom. The van der Waals surface area contributed by atoms with Crippen LogP contribution in [0.5, 0.6) is 5.75 Å². The molecule has 0 radical (unpaired) electrons. The minimum Gasteiger partial charge on any atom is -0.494 e. The molecule has 0 aliphatic rings. The third-order valence-electron chi connectivity index (χ3n) is 3.06. The fraction of sp³-hybridized carbons (Fsp3) is 0.562. The van der Waals surface area contributed by atoms with Gasteiger partial charge in [-0.15, -0.1) is 0 Å². The lowest BCUT2D eigenvalue weighted by atomic mass is 10.1. The summed E-state index contributed by atoms with van der Waals surface area (Å²) in [7, 11) is 0. The Bertz CT molecular complexity index is 360. The number of rotatable bonds is 10. The van der Waals surface area contributed by atoms with Gasteiger partial charge in [0.25, 0.3) is 0 Å². The van der Waals surface area contributed by atoms with Gasteiger partial charge in [-0.3, -0.25) is 4.79 Å². The number of hydrogen-bond donors (Lipinski definition) is 0. The first-order valence-corrected chi connectivity index (χ1v) is 7.10. The van der Waals surface area contributed by atoms with Crippen LogP contribution in [0.4, 0.5) is 4.39 Å². The molecule has 0 amide bonds. The lowest BCUT2D eigenvalue weighted by Gasteiger charge is -2.06. The topological polar surface area (TPSA) is 26.3 Å². The normalized spacial score (nSPS) is 10.4. The second kappa shape index (κ2) is 9.54. The Balaban J connectivity index is 2.18. The molecule has 2 nitrogen and oxygen atoms in total. The van der Waals surface area contributed by atoms with E-state index in [9.17, 15) is 9.18 Å². The molecule has 1 rings (SSSR count). The molecule has 0 atom stereocenters.